The summed E-state index contributed by atoms with van der Waals surface area (Å²) < 4.78 is 0. The van der Waals surface area contributed by atoms with Crippen molar-refractivity contribution in [2.45, 2.75) is 19.8 Å². The molecule has 0 saturated carbocycles. The molecule has 0 spiro atoms. The number of aryl methyl sites for hydroxylation is 1. The van der Waals surface area contributed by atoms with Gasteiger partial charge in [0.25, 0.3) is 0 Å². The van der Waals surface area contributed by atoms with Crippen LogP contribution >= 0.6 is 0 Å². The van der Waals surface area contributed by atoms with E-state index in [1.165, 1.54) is 0 Å². The summed E-state index contributed by atoms with van der Waals surface area (Å²) in [5.41, 5.74) is 2.10. The second-order valence-electron chi connectivity index (χ2n) is 2.65. The summed E-state index contributed by atoms with van der Waals surface area (Å²) in [4.78, 5) is 11.7. The van der Waals surface area contributed by atoms with E-state index >= 15 is 0 Å². The molecule has 0 aromatic carbocycles. The van der Waals surface area contributed by atoms with Gasteiger partial charge in [0.05, 0.1) is 18.6 Å². The maximum Gasteiger partial charge on any atom is 0.0925 e. The summed E-state index contributed by atoms with van der Waals surface area (Å²) in [5, 5.41) is 0. The SMILES string of the molecule is Cc1[nH]cnc1C(C)CON. The van der Waals surface area contributed by atoms with Crippen molar-refractivity contribution in [3.63, 3.8) is 0 Å². The first kappa shape index (κ1) is 8.23. The Bertz CT molecular complexity index is 221. The van der Waals surface area contributed by atoms with Crippen LogP contribution in [0.25, 0.3) is 0 Å². The number of hydrogen-bond donors (Lipinski definition) is 2. The first-order valence-corrected chi connectivity index (χ1v) is 3.57. The highest BCUT2D eigenvalue weighted by Crippen LogP contribution is 2.14. The number of nitrogens with two attached hydrogens (primary N) is 1. The molecule has 0 saturated heterocycles. The van der Waals surface area contributed by atoms with Gasteiger partial charge in [-0.05, 0) is 6.92 Å². The smallest absolute Gasteiger partial charge is 0.0925 e. The largest absolute Gasteiger partial charge is 0.348 e. The number of imidazole rings is 1. The van der Waals surface area contributed by atoms with E-state index in [4.69, 9.17) is 5.90 Å². The van der Waals surface area contributed by atoms with Crippen LogP contribution in [0.1, 0.15) is 24.2 Å². The van der Waals surface area contributed by atoms with Crippen LogP contribution in [-0.2, 0) is 4.84 Å². The third-order valence-corrected chi connectivity index (χ3v) is 1.68. The van der Waals surface area contributed by atoms with E-state index in [9.17, 15) is 0 Å². The summed E-state index contributed by atoms with van der Waals surface area (Å²) >= 11 is 0. The van der Waals surface area contributed by atoms with Gasteiger partial charge in [-0.15, -0.1) is 0 Å². The molecule has 0 radical (unpaired) electrons. The molecular weight excluding hydrogens is 142 g/mol. The van der Waals surface area contributed by atoms with Gasteiger partial charge in [-0.2, -0.15) is 0 Å². The molecule has 1 heterocycles. The lowest BCUT2D eigenvalue weighted by atomic mass is 10.1. The minimum absolute atomic E-state index is 0.256. The predicted molar refractivity (Wildman–Crippen MR) is 41.9 cm³/mol. The fourth-order valence-corrected chi connectivity index (χ4v) is 1.09. The maximum absolute atomic E-state index is 4.95. The molecule has 1 aromatic heterocycles. The zero-order chi connectivity index (χ0) is 8.27. The molecule has 4 heteroatoms. The van der Waals surface area contributed by atoms with Crippen LogP contribution in [0.15, 0.2) is 6.33 Å². The van der Waals surface area contributed by atoms with Gasteiger partial charge in [0.15, 0.2) is 0 Å². The second kappa shape index (κ2) is 3.50. The van der Waals surface area contributed by atoms with Crippen molar-refractivity contribution < 1.29 is 4.84 Å². The van der Waals surface area contributed by atoms with Gasteiger partial charge >= 0.3 is 0 Å². The standard InChI is InChI=1S/C7H13N3O/c1-5(3-11-8)7-6(2)9-4-10-7/h4-5H,3,8H2,1-2H3,(H,9,10). The number of aromatic nitrogens is 2. The van der Waals surface area contributed by atoms with Gasteiger partial charge in [-0.3, -0.25) is 0 Å². The van der Waals surface area contributed by atoms with Crippen LogP contribution < -0.4 is 5.90 Å². The molecule has 1 aromatic rings. The number of aromatic amines is 1. The Morgan fingerprint density at radius 1 is 1.82 bits per heavy atom. The lowest BCUT2D eigenvalue weighted by molar-refractivity contribution is 0.125. The van der Waals surface area contributed by atoms with Crippen molar-refractivity contribution in [1.82, 2.24) is 9.97 Å². The van der Waals surface area contributed by atoms with Gasteiger partial charge < -0.3 is 9.82 Å². The molecule has 1 rings (SSSR count). The molecule has 0 amide bonds. The second-order valence-corrected chi connectivity index (χ2v) is 2.65. The van der Waals surface area contributed by atoms with E-state index in [0.717, 1.165) is 11.4 Å². The average molecular weight is 155 g/mol. The minimum Gasteiger partial charge on any atom is -0.348 e. The van der Waals surface area contributed by atoms with Gasteiger partial charge in [0.1, 0.15) is 0 Å². The molecule has 4 nitrogen and oxygen atoms in total. The first-order chi connectivity index (χ1) is 5.25. The predicted octanol–water partition coefficient (Wildman–Crippen LogP) is 0.712. The Morgan fingerprint density at radius 3 is 3.00 bits per heavy atom. The molecule has 0 fully saturated rings. The number of H-pyrrole nitrogens is 1. The Hall–Kier alpha value is -0.870. The molecule has 11 heavy (non-hydrogen) atoms. The molecule has 0 bridgehead atoms. The average Bonchev–Trinajstić information content (AvgIpc) is 2.36. The van der Waals surface area contributed by atoms with E-state index in [2.05, 4.69) is 14.8 Å². The van der Waals surface area contributed by atoms with Crippen molar-refractivity contribution in [3.8, 4) is 0 Å². The zero-order valence-corrected chi connectivity index (χ0v) is 6.79. The molecule has 0 aliphatic carbocycles. The zero-order valence-electron chi connectivity index (χ0n) is 6.79. The molecule has 0 aliphatic rings. The summed E-state index contributed by atoms with van der Waals surface area (Å²) in [5.74, 6) is 5.20. The molecular formula is C7H13N3O. The topological polar surface area (TPSA) is 63.9 Å². The van der Waals surface area contributed by atoms with Crippen LogP contribution in [0.2, 0.25) is 0 Å². The number of nitrogens with zero attached hydrogens (tertiary/aromatic N) is 1. The third kappa shape index (κ3) is 1.78. The summed E-state index contributed by atoms with van der Waals surface area (Å²) in [6, 6.07) is 0. The highest BCUT2D eigenvalue weighted by atomic mass is 16.6. The molecule has 1 atom stereocenters. The van der Waals surface area contributed by atoms with Crippen molar-refractivity contribution in [1.29, 1.82) is 0 Å². The van der Waals surface area contributed by atoms with E-state index in [1.807, 2.05) is 13.8 Å². The maximum atomic E-state index is 4.95. The quantitative estimate of drug-likeness (QED) is 0.632. The van der Waals surface area contributed by atoms with E-state index < -0.39 is 0 Å². The molecule has 1 unspecified atom stereocenters. The highest BCUT2D eigenvalue weighted by molar-refractivity contribution is 5.13. The monoisotopic (exact) mass is 155 g/mol. The van der Waals surface area contributed by atoms with Crippen molar-refractivity contribution >= 4 is 0 Å². The highest BCUT2D eigenvalue weighted by Gasteiger charge is 2.09. The number of rotatable bonds is 3. The summed E-state index contributed by atoms with van der Waals surface area (Å²) in [6.07, 6.45) is 1.68. The van der Waals surface area contributed by atoms with E-state index in [-0.39, 0.29) is 5.92 Å². The van der Waals surface area contributed by atoms with Gasteiger partial charge in [0, 0.05) is 11.6 Å². The van der Waals surface area contributed by atoms with Gasteiger partial charge in [-0.1, -0.05) is 6.92 Å². The van der Waals surface area contributed by atoms with Crippen LogP contribution in [0.3, 0.4) is 0 Å². The van der Waals surface area contributed by atoms with Crippen LogP contribution in [0, 0.1) is 6.92 Å². The molecule has 3 N–H and O–H groups in total. The van der Waals surface area contributed by atoms with Crippen molar-refractivity contribution in [3.05, 3.63) is 17.7 Å². The van der Waals surface area contributed by atoms with Crippen LogP contribution in [-0.4, -0.2) is 16.6 Å². The fraction of sp³-hybridized carbons (Fsp3) is 0.571. The Balaban J connectivity index is 2.67. The van der Waals surface area contributed by atoms with E-state index in [0.29, 0.717) is 6.61 Å². The Labute approximate surface area is 65.7 Å². The van der Waals surface area contributed by atoms with Crippen LogP contribution in [0.4, 0.5) is 0 Å². The normalized spacial score (nSPS) is 13.4. The van der Waals surface area contributed by atoms with E-state index in [1.54, 1.807) is 6.33 Å². The first-order valence-electron chi connectivity index (χ1n) is 3.57. The summed E-state index contributed by atoms with van der Waals surface area (Å²) in [7, 11) is 0. The molecule has 0 aliphatic heterocycles. The van der Waals surface area contributed by atoms with Gasteiger partial charge in [0.2, 0.25) is 0 Å². The lowest BCUT2D eigenvalue weighted by Gasteiger charge is -2.06. The van der Waals surface area contributed by atoms with Crippen molar-refractivity contribution in [2.75, 3.05) is 6.61 Å². The fourth-order valence-electron chi connectivity index (χ4n) is 1.09. The number of hydrogen-bond acceptors (Lipinski definition) is 3. The number of nitrogens with one attached hydrogen (secondary N) is 1. The minimum atomic E-state index is 0.256. The third-order valence-electron chi connectivity index (χ3n) is 1.68. The Morgan fingerprint density at radius 2 is 2.55 bits per heavy atom. The van der Waals surface area contributed by atoms with Gasteiger partial charge in [-0.25, -0.2) is 10.9 Å². The Kier molecular flexibility index (Phi) is 2.62. The lowest BCUT2D eigenvalue weighted by Crippen LogP contribution is -2.09. The molecule has 62 valence electrons. The van der Waals surface area contributed by atoms with Crippen LogP contribution in [0.5, 0.6) is 0 Å². The summed E-state index contributed by atoms with van der Waals surface area (Å²) in [6.45, 7) is 4.51. The van der Waals surface area contributed by atoms with Crippen molar-refractivity contribution in [2.24, 2.45) is 5.90 Å².